The second kappa shape index (κ2) is 10.5. The minimum absolute atomic E-state index is 0.334. The molecule has 1 aromatic heterocycles. The van der Waals surface area contributed by atoms with Gasteiger partial charge in [-0.15, -0.1) is 5.10 Å². The number of hydrogen-bond donors (Lipinski definition) is 4. The lowest BCUT2D eigenvalue weighted by atomic mass is 9.83. The predicted octanol–water partition coefficient (Wildman–Crippen LogP) is 2.56. The summed E-state index contributed by atoms with van der Waals surface area (Å²) < 4.78 is 0. The van der Waals surface area contributed by atoms with E-state index in [-0.39, 0.29) is 0 Å². The number of aromatic amines is 1. The van der Waals surface area contributed by atoms with Crippen LogP contribution in [0.5, 0.6) is 0 Å². The summed E-state index contributed by atoms with van der Waals surface area (Å²) in [5.74, 6) is 0.216. The van der Waals surface area contributed by atoms with E-state index in [4.69, 9.17) is 27.2 Å². The number of nitrogens with zero attached hydrogens (tertiary/aromatic N) is 4. The lowest BCUT2D eigenvalue weighted by Crippen LogP contribution is -2.56. The third kappa shape index (κ3) is 6.82. The van der Waals surface area contributed by atoms with Crippen LogP contribution in [0.4, 0.5) is 11.9 Å². The highest BCUT2D eigenvalue weighted by molar-refractivity contribution is 6.30. The summed E-state index contributed by atoms with van der Waals surface area (Å²) in [6.45, 7) is 5.82. The smallest absolute Gasteiger partial charge is 0.300 e. The molecule has 0 amide bonds. The predicted molar refractivity (Wildman–Crippen MR) is 125 cm³/mol. The van der Waals surface area contributed by atoms with E-state index in [0.717, 1.165) is 63.7 Å². The number of halogens is 1. The first-order chi connectivity index (χ1) is 15.1. The number of benzene rings is 1. The number of H-pyrrole nitrogens is 1. The van der Waals surface area contributed by atoms with Crippen LogP contribution in [-0.2, 0) is 11.2 Å². The molecule has 9 nitrogen and oxygen atoms in total. The maximum atomic E-state index is 10.7. The maximum Gasteiger partial charge on any atom is 0.300 e. The maximum absolute atomic E-state index is 10.7. The Morgan fingerprint density at radius 3 is 2.47 bits per heavy atom. The van der Waals surface area contributed by atoms with Crippen molar-refractivity contribution in [2.45, 2.75) is 63.6 Å². The molecule has 1 aromatic carbocycles. The number of piperidine rings is 2. The van der Waals surface area contributed by atoms with E-state index in [1.807, 2.05) is 19.1 Å². The molecule has 0 bridgehead atoms. The van der Waals surface area contributed by atoms with E-state index in [2.05, 4.69) is 37.1 Å². The molecule has 10 heteroatoms. The number of carbonyl (C=O) groups is 1. The Morgan fingerprint density at radius 1 is 1.28 bits per heavy atom. The van der Waals surface area contributed by atoms with E-state index >= 15 is 0 Å². The average Bonchev–Trinajstić information content (AvgIpc) is 3.15. The van der Waals surface area contributed by atoms with Gasteiger partial charge in [0, 0.05) is 43.7 Å². The molecule has 2 aromatic rings. The Balaban J connectivity index is 0.000000668. The Morgan fingerprint density at radius 2 is 1.91 bits per heavy atom. The van der Waals surface area contributed by atoms with Crippen LogP contribution in [0.1, 0.15) is 45.1 Å². The van der Waals surface area contributed by atoms with Gasteiger partial charge in [0.25, 0.3) is 5.97 Å². The Bertz CT molecular complexity index is 876. The van der Waals surface area contributed by atoms with Gasteiger partial charge in [-0.1, -0.05) is 23.7 Å². The number of rotatable bonds is 4. The van der Waals surface area contributed by atoms with Crippen LogP contribution in [0, 0.1) is 0 Å². The van der Waals surface area contributed by atoms with Crippen molar-refractivity contribution in [3.8, 4) is 0 Å². The highest BCUT2D eigenvalue weighted by atomic mass is 35.5. The minimum atomic E-state index is -0.833. The number of nitrogens with two attached hydrogens (primary N) is 1. The molecule has 0 spiro atoms. The van der Waals surface area contributed by atoms with Crippen molar-refractivity contribution in [2.24, 2.45) is 0 Å². The van der Waals surface area contributed by atoms with Gasteiger partial charge < -0.3 is 20.8 Å². The Hall–Kier alpha value is -2.36. The molecule has 2 fully saturated rings. The summed E-state index contributed by atoms with van der Waals surface area (Å²) in [5, 5.41) is 25.8. The first kappa shape index (κ1) is 24.3. The molecular weight excluding hydrogens is 432 g/mol. The third-order valence-corrected chi connectivity index (χ3v) is 6.40. The van der Waals surface area contributed by atoms with Gasteiger partial charge in [0.2, 0.25) is 11.9 Å². The molecule has 0 aliphatic carbocycles. The highest BCUT2D eigenvalue weighted by Crippen LogP contribution is 2.33. The van der Waals surface area contributed by atoms with Crippen LogP contribution >= 0.6 is 11.6 Å². The number of likely N-dealkylation sites (tertiary alicyclic amines) is 1. The van der Waals surface area contributed by atoms with Gasteiger partial charge in [-0.3, -0.25) is 9.69 Å². The van der Waals surface area contributed by atoms with Gasteiger partial charge in [0.15, 0.2) is 0 Å². The lowest BCUT2D eigenvalue weighted by molar-refractivity contribution is -0.134. The van der Waals surface area contributed by atoms with E-state index in [1.165, 1.54) is 5.56 Å². The number of anilines is 2. The molecular formula is C22H33ClN6O3. The van der Waals surface area contributed by atoms with Crippen LogP contribution in [0.2, 0.25) is 5.02 Å². The van der Waals surface area contributed by atoms with Gasteiger partial charge in [-0.25, -0.2) is 5.10 Å². The monoisotopic (exact) mass is 464 g/mol. The molecule has 176 valence electrons. The summed E-state index contributed by atoms with van der Waals surface area (Å²) in [7, 11) is 0. The summed E-state index contributed by atoms with van der Waals surface area (Å²) in [5.41, 5.74) is 6.34. The van der Waals surface area contributed by atoms with Crippen LogP contribution in [0.25, 0.3) is 0 Å². The summed E-state index contributed by atoms with van der Waals surface area (Å²) >= 11 is 6.04. The number of carboxylic acids is 1. The number of aliphatic hydroxyl groups is 1. The van der Waals surface area contributed by atoms with E-state index in [1.54, 1.807) is 0 Å². The molecule has 4 rings (SSSR count). The number of aromatic nitrogens is 3. The number of nitrogen functional groups attached to an aromatic ring is 1. The zero-order valence-corrected chi connectivity index (χ0v) is 19.4. The van der Waals surface area contributed by atoms with Crippen LogP contribution in [-0.4, -0.2) is 73.6 Å². The van der Waals surface area contributed by atoms with Gasteiger partial charge in [-0.2, -0.15) is 4.98 Å². The molecule has 5 N–H and O–H groups in total. The number of aliphatic carboxylic acids is 1. The van der Waals surface area contributed by atoms with Crippen molar-refractivity contribution in [1.29, 1.82) is 0 Å². The van der Waals surface area contributed by atoms with Crippen molar-refractivity contribution in [3.05, 3.63) is 34.9 Å². The Kier molecular flexibility index (Phi) is 7.97. The molecule has 2 saturated heterocycles. The zero-order chi connectivity index (χ0) is 23.3. The molecule has 3 heterocycles. The van der Waals surface area contributed by atoms with Gasteiger partial charge in [0.1, 0.15) is 0 Å². The lowest BCUT2D eigenvalue weighted by Gasteiger charge is -2.48. The summed E-state index contributed by atoms with van der Waals surface area (Å²) in [6.07, 6.45) is 4.68. The number of nitrogens with one attached hydrogen (secondary N) is 1. The second-order valence-corrected chi connectivity index (χ2v) is 9.37. The number of hydrogen-bond acceptors (Lipinski definition) is 7. The largest absolute Gasteiger partial charge is 0.481 e. The summed E-state index contributed by atoms with van der Waals surface area (Å²) in [4.78, 5) is 18.1. The Labute approximate surface area is 193 Å². The third-order valence-electron chi connectivity index (χ3n) is 6.14. The molecule has 1 unspecified atom stereocenters. The van der Waals surface area contributed by atoms with Crippen LogP contribution in [0.15, 0.2) is 24.3 Å². The van der Waals surface area contributed by atoms with Crippen molar-refractivity contribution >= 4 is 29.5 Å². The van der Waals surface area contributed by atoms with Crippen molar-refractivity contribution in [3.63, 3.8) is 0 Å². The molecule has 0 radical (unpaired) electrons. The van der Waals surface area contributed by atoms with Gasteiger partial charge in [0.05, 0.1) is 5.60 Å². The van der Waals surface area contributed by atoms with E-state index < -0.39 is 11.6 Å². The minimum Gasteiger partial charge on any atom is -0.481 e. The molecule has 32 heavy (non-hydrogen) atoms. The van der Waals surface area contributed by atoms with Crippen LogP contribution < -0.4 is 10.6 Å². The average molecular weight is 465 g/mol. The zero-order valence-electron chi connectivity index (χ0n) is 18.7. The fourth-order valence-corrected chi connectivity index (χ4v) is 4.77. The SMILES string of the molecule is CC(=O)O.CC1(O)CCN(C2CCN(c3n[nH]c(N)n3)CC2)[C@@H](Cc2ccc(Cl)cc2)C1. The van der Waals surface area contributed by atoms with E-state index in [9.17, 15) is 5.11 Å². The molecule has 2 aliphatic heterocycles. The number of carboxylic acid groups (broad SMARTS) is 1. The first-order valence-electron chi connectivity index (χ1n) is 11.0. The second-order valence-electron chi connectivity index (χ2n) is 8.93. The van der Waals surface area contributed by atoms with Crippen LogP contribution in [0.3, 0.4) is 0 Å². The van der Waals surface area contributed by atoms with Crippen molar-refractivity contribution in [1.82, 2.24) is 20.1 Å². The standard InChI is InChI=1S/C20H29ClN6O.C2H4O2/c1-20(28)8-11-27(17(13-20)12-14-2-4-15(21)5-3-14)16-6-9-26(10-7-16)19-23-18(22)24-25-19;1-2(3)4/h2-5,16-17,28H,6-13H2,1H3,(H3,22,23,24,25);1H3,(H,3,4)/t17-,20?;/m0./s1. The fraction of sp³-hybridized carbons (Fsp3) is 0.591. The molecule has 2 aliphatic rings. The molecule has 0 saturated carbocycles. The highest BCUT2D eigenvalue weighted by Gasteiger charge is 2.39. The van der Waals surface area contributed by atoms with E-state index in [0.29, 0.717) is 24.0 Å². The normalized spacial score (nSPS) is 24.6. The first-order valence-corrected chi connectivity index (χ1v) is 11.4. The topological polar surface area (TPSA) is 132 Å². The van der Waals surface area contributed by atoms with Crippen molar-refractivity contribution < 1.29 is 15.0 Å². The van der Waals surface area contributed by atoms with Gasteiger partial charge in [-0.05, 0) is 56.7 Å². The quantitative estimate of drug-likeness (QED) is 0.542. The summed E-state index contributed by atoms with van der Waals surface area (Å²) in [6, 6.07) is 8.94. The van der Waals surface area contributed by atoms with Gasteiger partial charge >= 0.3 is 0 Å². The molecule has 2 atom stereocenters. The fourth-order valence-electron chi connectivity index (χ4n) is 4.65. The van der Waals surface area contributed by atoms with Crippen molar-refractivity contribution in [2.75, 3.05) is 30.3 Å².